The smallest absolute Gasteiger partial charge is 0.375 e. The van der Waals surface area contributed by atoms with E-state index in [1.165, 1.54) is 30.3 Å². The maximum Gasteiger partial charge on any atom is 0.375 e. The minimum Gasteiger partial charge on any atom is -0.452 e. The van der Waals surface area contributed by atoms with E-state index in [0.717, 1.165) is 18.4 Å². The van der Waals surface area contributed by atoms with Crippen LogP contribution in [0.2, 0.25) is 0 Å². The summed E-state index contributed by atoms with van der Waals surface area (Å²) in [6, 6.07) is 8.76. The highest BCUT2D eigenvalue weighted by Gasteiger charge is 2.34. The van der Waals surface area contributed by atoms with Gasteiger partial charge in [0.2, 0.25) is 5.76 Å². The van der Waals surface area contributed by atoms with Gasteiger partial charge < -0.3 is 9.47 Å². The number of carbonyl (C=O) groups excluding carboxylic acids is 1. The summed E-state index contributed by atoms with van der Waals surface area (Å²) in [6.07, 6.45) is 0.441. The minimum absolute atomic E-state index is 0.0600. The molecule has 5 nitrogen and oxygen atoms in total. The fourth-order valence-electron chi connectivity index (χ4n) is 2.57. The summed E-state index contributed by atoms with van der Waals surface area (Å²) in [5.74, 6) is -3.11. The number of halogens is 2. The number of sulfone groups is 1. The fraction of sp³-hybridized carbons (Fsp3) is 0.167. The largest absolute Gasteiger partial charge is 0.452 e. The molecule has 26 heavy (non-hydrogen) atoms. The van der Waals surface area contributed by atoms with E-state index >= 15 is 0 Å². The van der Waals surface area contributed by atoms with E-state index < -0.39 is 33.5 Å². The highest BCUT2D eigenvalue weighted by atomic mass is 32.2. The Labute approximate surface area is 148 Å². The van der Waals surface area contributed by atoms with Crippen molar-refractivity contribution >= 4 is 21.4 Å². The average molecular weight is 380 g/mol. The first kappa shape index (κ1) is 18.1. The zero-order valence-electron chi connectivity index (χ0n) is 13.8. The molecule has 1 atom stereocenters. The van der Waals surface area contributed by atoms with E-state index in [2.05, 4.69) is 0 Å². The maximum atomic E-state index is 13.4. The lowest BCUT2D eigenvalue weighted by molar-refractivity contribution is -0.140. The predicted octanol–water partition coefficient (Wildman–Crippen LogP) is 3.10. The van der Waals surface area contributed by atoms with Crippen LogP contribution in [0.4, 0.5) is 8.78 Å². The summed E-state index contributed by atoms with van der Waals surface area (Å²) >= 11 is 0. The summed E-state index contributed by atoms with van der Waals surface area (Å²) in [6.45, 7) is 1.62. The van der Waals surface area contributed by atoms with Crippen molar-refractivity contribution in [2.45, 2.75) is 17.9 Å². The summed E-state index contributed by atoms with van der Waals surface area (Å²) in [4.78, 5) is 12.2. The monoisotopic (exact) mass is 380 g/mol. The molecule has 0 spiro atoms. The number of rotatable bonds is 4. The summed E-state index contributed by atoms with van der Waals surface area (Å²) in [5.41, 5.74) is 0.910. The second kappa shape index (κ2) is 6.53. The molecule has 3 rings (SSSR count). The van der Waals surface area contributed by atoms with Gasteiger partial charge in [-0.3, -0.25) is 0 Å². The molecule has 136 valence electrons. The van der Waals surface area contributed by atoms with Gasteiger partial charge in [0.25, 0.3) is 0 Å². The second-order valence-electron chi connectivity index (χ2n) is 5.76. The molecule has 1 aliphatic rings. The number of cyclic esters (lactones) is 1. The van der Waals surface area contributed by atoms with Crippen molar-refractivity contribution in [3.8, 4) is 5.75 Å². The number of hydrogen-bond donors (Lipinski definition) is 0. The SMILES string of the molecule is C[C@@H]1OC(=O)C(Oc2ccc(F)c(F)c2)=C1c1ccc(S(C)(=O)=O)cc1. The first-order valence-electron chi connectivity index (χ1n) is 7.55. The van der Waals surface area contributed by atoms with Crippen LogP contribution in [0.1, 0.15) is 12.5 Å². The zero-order valence-corrected chi connectivity index (χ0v) is 14.6. The molecule has 0 aliphatic carbocycles. The predicted molar refractivity (Wildman–Crippen MR) is 89.0 cm³/mol. The number of carbonyl (C=O) groups is 1. The number of ether oxygens (including phenoxy) is 2. The van der Waals surface area contributed by atoms with E-state index in [0.29, 0.717) is 11.1 Å². The van der Waals surface area contributed by atoms with Crippen LogP contribution in [0.25, 0.3) is 5.57 Å². The third-order valence-corrected chi connectivity index (χ3v) is 4.95. The van der Waals surface area contributed by atoms with E-state index in [4.69, 9.17) is 9.47 Å². The van der Waals surface area contributed by atoms with E-state index in [-0.39, 0.29) is 16.4 Å². The quantitative estimate of drug-likeness (QED) is 0.763. The second-order valence-corrected chi connectivity index (χ2v) is 7.78. The summed E-state index contributed by atoms with van der Waals surface area (Å²) in [7, 11) is -3.36. The third kappa shape index (κ3) is 3.45. The molecule has 0 fully saturated rings. The lowest BCUT2D eigenvalue weighted by atomic mass is 10.0. The average Bonchev–Trinajstić information content (AvgIpc) is 2.84. The van der Waals surface area contributed by atoms with Gasteiger partial charge in [-0.2, -0.15) is 0 Å². The first-order chi connectivity index (χ1) is 12.2. The third-order valence-electron chi connectivity index (χ3n) is 3.82. The standard InChI is InChI=1S/C18H14F2O5S/c1-10-16(11-3-6-13(7-4-11)26(2,22)23)17(18(21)24-10)25-12-5-8-14(19)15(20)9-12/h3-10H,1-2H3/t10-/m0/s1. The molecule has 0 aromatic heterocycles. The van der Waals surface area contributed by atoms with Crippen molar-refractivity contribution < 1.29 is 31.5 Å². The van der Waals surface area contributed by atoms with E-state index in [9.17, 15) is 22.0 Å². The Balaban J connectivity index is 2.02. The van der Waals surface area contributed by atoms with Crippen molar-refractivity contribution in [1.82, 2.24) is 0 Å². The van der Waals surface area contributed by atoms with E-state index in [1.807, 2.05) is 0 Å². The molecule has 2 aromatic carbocycles. The van der Waals surface area contributed by atoms with Crippen molar-refractivity contribution in [2.75, 3.05) is 6.26 Å². The Morgan fingerprint density at radius 3 is 2.27 bits per heavy atom. The Morgan fingerprint density at radius 2 is 1.69 bits per heavy atom. The van der Waals surface area contributed by atoms with Crippen LogP contribution in [0.3, 0.4) is 0 Å². The molecular formula is C18H14F2O5S. The lowest BCUT2D eigenvalue weighted by Gasteiger charge is -2.10. The van der Waals surface area contributed by atoms with Gasteiger partial charge in [-0.15, -0.1) is 0 Å². The van der Waals surface area contributed by atoms with Crippen LogP contribution < -0.4 is 4.74 Å². The van der Waals surface area contributed by atoms with Crippen molar-refractivity contribution in [2.24, 2.45) is 0 Å². The van der Waals surface area contributed by atoms with Crippen LogP contribution in [-0.4, -0.2) is 26.7 Å². The molecule has 0 unspecified atom stereocenters. The Morgan fingerprint density at radius 1 is 1.04 bits per heavy atom. The molecule has 2 aromatic rings. The van der Waals surface area contributed by atoms with Crippen LogP contribution in [0.5, 0.6) is 5.75 Å². The van der Waals surface area contributed by atoms with Crippen LogP contribution in [-0.2, 0) is 19.4 Å². The van der Waals surface area contributed by atoms with Gasteiger partial charge in [0.15, 0.2) is 21.5 Å². The molecular weight excluding hydrogens is 366 g/mol. The molecule has 0 radical (unpaired) electrons. The van der Waals surface area contributed by atoms with Crippen LogP contribution in [0.15, 0.2) is 53.1 Å². The summed E-state index contributed by atoms with van der Waals surface area (Å²) < 4.78 is 60.1. The Hall–Kier alpha value is -2.74. The van der Waals surface area contributed by atoms with Gasteiger partial charge in [-0.1, -0.05) is 12.1 Å². The van der Waals surface area contributed by atoms with Gasteiger partial charge in [0.05, 0.1) is 4.90 Å². The molecule has 0 amide bonds. The van der Waals surface area contributed by atoms with Crippen molar-refractivity contribution in [3.05, 3.63) is 65.4 Å². The molecule has 0 bridgehead atoms. The molecule has 0 saturated carbocycles. The molecule has 0 N–H and O–H groups in total. The number of esters is 1. The first-order valence-corrected chi connectivity index (χ1v) is 9.44. The minimum atomic E-state index is -3.36. The van der Waals surface area contributed by atoms with Crippen LogP contribution in [0, 0.1) is 11.6 Å². The van der Waals surface area contributed by atoms with Crippen molar-refractivity contribution in [1.29, 1.82) is 0 Å². The van der Waals surface area contributed by atoms with Gasteiger partial charge in [0, 0.05) is 17.9 Å². The highest BCUT2D eigenvalue weighted by Crippen LogP contribution is 2.33. The topological polar surface area (TPSA) is 69.7 Å². The van der Waals surface area contributed by atoms with Gasteiger partial charge >= 0.3 is 5.97 Å². The molecule has 8 heteroatoms. The van der Waals surface area contributed by atoms with Gasteiger partial charge in [0.1, 0.15) is 11.9 Å². The Kier molecular flexibility index (Phi) is 4.53. The molecule has 1 heterocycles. The molecule has 1 aliphatic heterocycles. The van der Waals surface area contributed by atoms with Gasteiger partial charge in [-0.25, -0.2) is 22.0 Å². The lowest BCUT2D eigenvalue weighted by Crippen LogP contribution is -2.07. The number of benzene rings is 2. The summed E-state index contributed by atoms with van der Waals surface area (Å²) in [5, 5.41) is 0. The normalized spacial score (nSPS) is 17.4. The number of hydrogen-bond acceptors (Lipinski definition) is 5. The maximum absolute atomic E-state index is 13.4. The van der Waals surface area contributed by atoms with Crippen LogP contribution >= 0.6 is 0 Å². The highest BCUT2D eigenvalue weighted by molar-refractivity contribution is 7.90. The zero-order chi connectivity index (χ0) is 19.1. The molecule has 0 saturated heterocycles. The van der Waals surface area contributed by atoms with Crippen molar-refractivity contribution in [3.63, 3.8) is 0 Å². The van der Waals surface area contributed by atoms with E-state index in [1.54, 1.807) is 6.92 Å². The van der Waals surface area contributed by atoms with Gasteiger partial charge in [-0.05, 0) is 36.8 Å². The fourth-order valence-corrected chi connectivity index (χ4v) is 3.20. The Bertz CT molecular complexity index is 1010.